The summed E-state index contributed by atoms with van der Waals surface area (Å²) < 4.78 is 0. The van der Waals surface area contributed by atoms with Crippen LogP contribution in [0.5, 0.6) is 0 Å². The summed E-state index contributed by atoms with van der Waals surface area (Å²) in [6.07, 6.45) is 3.19. The Morgan fingerprint density at radius 1 is 1.50 bits per heavy atom. The van der Waals surface area contributed by atoms with E-state index >= 15 is 0 Å². The Hall–Kier alpha value is -1.33. The van der Waals surface area contributed by atoms with Crippen LogP contribution < -0.4 is 11.1 Å². The molecule has 98 valence electrons. The van der Waals surface area contributed by atoms with Crippen LogP contribution in [0.15, 0.2) is 18.2 Å². The van der Waals surface area contributed by atoms with Gasteiger partial charge >= 0.3 is 0 Å². The smallest absolute Gasteiger partial charge is 0.293 e. The van der Waals surface area contributed by atoms with Crippen LogP contribution in [0.3, 0.4) is 0 Å². The highest BCUT2D eigenvalue weighted by molar-refractivity contribution is 6.30. The molecule has 1 aliphatic carbocycles. The van der Waals surface area contributed by atoms with Crippen molar-refractivity contribution in [3.05, 3.63) is 33.3 Å². The zero-order valence-corrected chi connectivity index (χ0v) is 10.7. The van der Waals surface area contributed by atoms with Gasteiger partial charge in [0.05, 0.1) is 4.92 Å². The number of nitro groups is 1. The normalized spacial score (nSPS) is 23.0. The first kappa shape index (κ1) is 13.1. The number of hydrogen-bond acceptors (Lipinski definition) is 4. The van der Waals surface area contributed by atoms with Gasteiger partial charge in [0.25, 0.3) is 5.69 Å². The predicted molar refractivity (Wildman–Crippen MR) is 71.9 cm³/mol. The molecule has 2 atom stereocenters. The molecule has 1 saturated carbocycles. The quantitative estimate of drug-likeness (QED) is 0.650. The van der Waals surface area contributed by atoms with Gasteiger partial charge in [-0.3, -0.25) is 10.1 Å². The monoisotopic (exact) mass is 269 g/mol. The molecule has 0 amide bonds. The molecule has 0 radical (unpaired) electrons. The summed E-state index contributed by atoms with van der Waals surface area (Å²) in [6, 6.07) is 4.90. The van der Waals surface area contributed by atoms with Crippen molar-refractivity contribution in [2.24, 2.45) is 11.7 Å². The van der Waals surface area contributed by atoms with E-state index in [9.17, 15) is 10.1 Å². The Morgan fingerprint density at radius 3 is 2.94 bits per heavy atom. The third-order valence-electron chi connectivity index (χ3n) is 3.46. The van der Waals surface area contributed by atoms with E-state index in [0.717, 1.165) is 19.3 Å². The fourth-order valence-corrected chi connectivity index (χ4v) is 2.65. The number of benzene rings is 1. The fraction of sp³-hybridized carbons (Fsp3) is 0.500. The van der Waals surface area contributed by atoms with Crippen molar-refractivity contribution in [1.29, 1.82) is 0 Å². The van der Waals surface area contributed by atoms with Crippen molar-refractivity contribution in [3.63, 3.8) is 0 Å². The van der Waals surface area contributed by atoms with Crippen molar-refractivity contribution in [3.8, 4) is 0 Å². The number of hydrogen-bond donors (Lipinski definition) is 2. The number of rotatable bonds is 4. The highest BCUT2D eigenvalue weighted by atomic mass is 35.5. The first-order chi connectivity index (χ1) is 8.61. The maximum atomic E-state index is 11.0. The molecular formula is C12H16ClN3O2. The summed E-state index contributed by atoms with van der Waals surface area (Å²) in [4.78, 5) is 10.6. The molecule has 1 aromatic carbocycles. The van der Waals surface area contributed by atoms with Gasteiger partial charge in [0.2, 0.25) is 0 Å². The number of nitrogens with zero attached hydrogens (tertiary/aromatic N) is 1. The largest absolute Gasteiger partial charge is 0.376 e. The second-order valence-electron chi connectivity index (χ2n) is 4.60. The third kappa shape index (κ3) is 2.73. The molecule has 0 bridgehead atoms. The summed E-state index contributed by atoms with van der Waals surface area (Å²) in [5.74, 6) is 0.389. The van der Waals surface area contributed by atoms with Gasteiger partial charge in [-0.1, -0.05) is 18.0 Å². The summed E-state index contributed by atoms with van der Waals surface area (Å²) in [7, 11) is 0. The maximum absolute atomic E-state index is 11.0. The highest BCUT2D eigenvalue weighted by Crippen LogP contribution is 2.33. The lowest BCUT2D eigenvalue weighted by molar-refractivity contribution is -0.384. The van der Waals surface area contributed by atoms with Crippen LogP contribution in [0.25, 0.3) is 0 Å². The van der Waals surface area contributed by atoms with E-state index in [1.807, 2.05) is 0 Å². The lowest BCUT2D eigenvalue weighted by Gasteiger charge is -2.20. The van der Waals surface area contributed by atoms with Gasteiger partial charge in [-0.2, -0.15) is 0 Å². The number of nitrogens with one attached hydrogen (secondary N) is 1. The average Bonchev–Trinajstić information content (AvgIpc) is 2.78. The maximum Gasteiger partial charge on any atom is 0.293 e. The van der Waals surface area contributed by atoms with Crippen molar-refractivity contribution in [1.82, 2.24) is 0 Å². The van der Waals surface area contributed by atoms with Crippen LogP contribution in [0.2, 0.25) is 5.02 Å². The second-order valence-corrected chi connectivity index (χ2v) is 5.03. The van der Waals surface area contributed by atoms with Gasteiger partial charge in [-0.25, -0.2) is 0 Å². The Balaban J connectivity index is 2.20. The van der Waals surface area contributed by atoms with E-state index in [0.29, 0.717) is 23.2 Å². The van der Waals surface area contributed by atoms with Gasteiger partial charge in [0.15, 0.2) is 0 Å². The molecule has 6 heteroatoms. The van der Waals surface area contributed by atoms with Crippen molar-refractivity contribution in [2.45, 2.75) is 25.3 Å². The van der Waals surface area contributed by atoms with Crippen LogP contribution >= 0.6 is 11.6 Å². The fourth-order valence-electron chi connectivity index (χ4n) is 2.49. The van der Waals surface area contributed by atoms with Crippen LogP contribution in [0.4, 0.5) is 11.4 Å². The number of nitro benzene ring substituents is 1. The first-order valence-corrected chi connectivity index (χ1v) is 6.40. The number of halogens is 1. The predicted octanol–water partition coefficient (Wildman–Crippen LogP) is 2.79. The van der Waals surface area contributed by atoms with Crippen molar-refractivity contribution < 1.29 is 4.92 Å². The first-order valence-electron chi connectivity index (χ1n) is 6.02. The molecule has 2 unspecified atom stereocenters. The van der Waals surface area contributed by atoms with Crippen LogP contribution in [-0.2, 0) is 0 Å². The van der Waals surface area contributed by atoms with E-state index in [-0.39, 0.29) is 11.7 Å². The molecule has 0 spiro atoms. The van der Waals surface area contributed by atoms with E-state index in [1.54, 1.807) is 12.1 Å². The molecule has 1 fully saturated rings. The molecular weight excluding hydrogens is 254 g/mol. The van der Waals surface area contributed by atoms with Crippen molar-refractivity contribution in [2.75, 3.05) is 11.9 Å². The molecule has 0 aromatic heterocycles. The van der Waals surface area contributed by atoms with Gasteiger partial charge in [0, 0.05) is 17.1 Å². The number of nitrogens with two attached hydrogens (primary N) is 1. The van der Waals surface area contributed by atoms with Gasteiger partial charge < -0.3 is 11.1 Å². The van der Waals surface area contributed by atoms with Crippen molar-refractivity contribution >= 4 is 23.0 Å². The summed E-state index contributed by atoms with van der Waals surface area (Å²) in [6.45, 7) is 0.610. The molecule has 5 nitrogen and oxygen atoms in total. The average molecular weight is 270 g/mol. The standard InChI is InChI=1S/C12H16ClN3O2/c13-9-4-5-11(12(6-9)16(17)18)15-10-3-1-2-8(10)7-14/h4-6,8,10,15H,1-3,7,14H2. The van der Waals surface area contributed by atoms with Crippen LogP contribution in [0, 0.1) is 16.0 Å². The van der Waals surface area contributed by atoms with E-state index in [2.05, 4.69) is 5.32 Å². The van der Waals surface area contributed by atoms with Gasteiger partial charge in [-0.15, -0.1) is 0 Å². The Bertz CT molecular complexity index is 453. The zero-order chi connectivity index (χ0) is 13.1. The molecule has 0 saturated heterocycles. The Labute approximate surface area is 110 Å². The highest BCUT2D eigenvalue weighted by Gasteiger charge is 2.27. The van der Waals surface area contributed by atoms with Crippen LogP contribution in [0.1, 0.15) is 19.3 Å². The summed E-state index contributed by atoms with van der Waals surface area (Å²) in [5, 5.41) is 14.6. The molecule has 2 rings (SSSR count). The second kappa shape index (κ2) is 5.54. The summed E-state index contributed by atoms with van der Waals surface area (Å²) in [5.41, 5.74) is 6.25. The van der Waals surface area contributed by atoms with Gasteiger partial charge in [0.1, 0.15) is 5.69 Å². The Morgan fingerprint density at radius 2 is 2.28 bits per heavy atom. The molecule has 18 heavy (non-hydrogen) atoms. The van der Waals surface area contributed by atoms with E-state index in [1.165, 1.54) is 6.07 Å². The minimum absolute atomic E-state index is 0.0187. The molecule has 0 aliphatic heterocycles. The van der Waals surface area contributed by atoms with Crippen LogP contribution in [-0.4, -0.2) is 17.5 Å². The molecule has 0 heterocycles. The Kier molecular flexibility index (Phi) is 4.04. The minimum Gasteiger partial charge on any atom is -0.376 e. The van der Waals surface area contributed by atoms with E-state index in [4.69, 9.17) is 17.3 Å². The molecule has 3 N–H and O–H groups in total. The number of anilines is 1. The lowest BCUT2D eigenvalue weighted by atomic mass is 10.0. The zero-order valence-electron chi connectivity index (χ0n) is 9.93. The SMILES string of the molecule is NCC1CCCC1Nc1ccc(Cl)cc1[N+](=O)[O-]. The van der Waals surface area contributed by atoms with Gasteiger partial charge in [-0.05, 0) is 37.4 Å². The summed E-state index contributed by atoms with van der Waals surface area (Å²) >= 11 is 5.78. The lowest BCUT2D eigenvalue weighted by Crippen LogP contribution is -2.29. The molecule has 1 aromatic rings. The third-order valence-corrected chi connectivity index (χ3v) is 3.69. The molecule has 1 aliphatic rings. The topological polar surface area (TPSA) is 81.2 Å². The van der Waals surface area contributed by atoms with E-state index < -0.39 is 4.92 Å². The minimum atomic E-state index is -0.416.